The zero-order valence-electron chi connectivity index (χ0n) is 9.77. The van der Waals surface area contributed by atoms with E-state index < -0.39 is 23.9 Å². The first-order valence-electron chi connectivity index (χ1n) is 3.81. The van der Waals surface area contributed by atoms with Crippen LogP contribution in [0, 0.1) is 0 Å². The van der Waals surface area contributed by atoms with Gasteiger partial charge in [0, 0.05) is 21.1 Å². The molecule has 0 saturated heterocycles. The molecule has 13 heteroatoms. The Hall–Kier alpha value is -2.75. The Labute approximate surface area is 129 Å². The Morgan fingerprint density at radius 3 is 0.524 bits per heavy atom. The van der Waals surface area contributed by atoms with Gasteiger partial charge < -0.3 is 20.4 Å². The van der Waals surface area contributed by atoms with Gasteiger partial charge in [-0.3, -0.25) is 19.2 Å². The summed E-state index contributed by atoms with van der Waals surface area (Å²) in [7, 11) is 0. The molecule has 0 amide bonds. The molecule has 118 valence electrons. The summed E-state index contributed by atoms with van der Waals surface area (Å²) in [5, 5.41) is 29.4. The summed E-state index contributed by atoms with van der Waals surface area (Å²) in [5.41, 5.74) is 0. The molecule has 12 nitrogen and oxygen atoms in total. The Bertz CT molecular complexity index is 301. The van der Waals surface area contributed by atoms with Gasteiger partial charge >= 0.3 is 23.9 Å². The topological polar surface area (TPSA) is 217 Å². The fourth-order valence-corrected chi connectivity index (χ4v) is 0. The number of hydrogen-bond acceptors (Lipinski definition) is 8. The third kappa shape index (κ3) is 146. The summed E-state index contributed by atoms with van der Waals surface area (Å²) < 4.78 is 0. The van der Waals surface area contributed by atoms with Crippen LogP contribution < -0.4 is 0 Å². The zero-order chi connectivity index (χ0) is 17.1. The minimum atomic E-state index is -1.43. The van der Waals surface area contributed by atoms with Gasteiger partial charge in [0.1, 0.15) is 0 Å². The van der Waals surface area contributed by atoms with Gasteiger partial charge in [0.2, 0.25) is 25.1 Å². The number of hydrogen-bond donors (Lipinski definition) is 4. The van der Waals surface area contributed by atoms with Crippen LogP contribution in [0.4, 0.5) is 0 Å². The van der Waals surface area contributed by atoms with Gasteiger partial charge in [0.15, 0.2) is 0 Å². The van der Waals surface area contributed by atoms with Crippen LogP contribution in [0.15, 0.2) is 0 Å². The number of carboxylic acid groups (broad SMARTS) is 4. The van der Waals surface area contributed by atoms with E-state index in [0.29, 0.717) is 0 Å². The number of aldehydes is 4. The van der Waals surface area contributed by atoms with Crippen molar-refractivity contribution in [3.05, 3.63) is 0 Å². The van der Waals surface area contributed by atoms with E-state index in [1.165, 1.54) is 0 Å². The summed E-state index contributed by atoms with van der Waals surface area (Å²) in [6.07, 6.45) is -0.667. The van der Waals surface area contributed by atoms with Crippen LogP contribution in [0.25, 0.3) is 0 Å². The molecule has 0 bridgehead atoms. The van der Waals surface area contributed by atoms with E-state index in [1.807, 2.05) is 0 Å². The van der Waals surface area contributed by atoms with Crippen LogP contribution in [0.1, 0.15) is 0 Å². The van der Waals surface area contributed by atoms with Crippen LogP contribution in [-0.2, 0) is 59.4 Å². The monoisotopic (exact) mass is 394 g/mol. The molecule has 0 atom stereocenters. The molecule has 21 heavy (non-hydrogen) atoms. The molecule has 0 aliphatic carbocycles. The molecule has 0 spiro atoms. The smallest absolute Gasteiger partial charge is 0.368 e. The second-order valence-corrected chi connectivity index (χ2v) is 1.82. The summed E-state index contributed by atoms with van der Waals surface area (Å²) in [6, 6.07) is 0. The Morgan fingerprint density at radius 1 is 0.476 bits per heavy atom. The zero-order valence-corrected chi connectivity index (χ0v) is 11.8. The summed E-state index contributed by atoms with van der Waals surface area (Å²) in [5.74, 6) is -5.70. The number of carboxylic acids is 4. The minimum Gasteiger partial charge on any atom is -0.476 e. The van der Waals surface area contributed by atoms with E-state index in [4.69, 9.17) is 58.8 Å². The van der Waals surface area contributed by atoms with Crippen molar-refractivity contribution in [2.75, 3.05) is 0 Å². The minimum absolute atomic E-state index is 0. The van der Waals surface area contributed by atoms with Gasteiger partial charge in [-0.2, -0.15) is 0 Å². The van der Waals surface area contributed by atoms with Crippen molar-refractivity contribution >= 4 is 49.0 Å². The maximum atomic E-state index is 9.00. The normalized spacial score (nSPS) is 6.10. The summed E-state index contributed by atoms with van der Waals surface area (Å²) in [6.45, 7) is 0. The first-order chi connectivity index (χ1) is 9.08. The standard InChI is InChI=1S/4C2H2O3.Mo/c4*3-1-2(4)5;/h4*1H,(H,4,5);. The maximum Gasteiger partial charge on any atom is 0.368 e. The molecular weight excluding hydrogens is 384 g/mol. The van der Waals surface area contributed by atoms with Crippen LogP contribution in [0.2, 0.25) is 0 Å². The SMILES string of the molecule is O=CC(=O)O.O=CC(=O)O.O=CC(=O)O.O=CC(=O)O.[Mo]. The van der Waals surface area contributed by atoms with Crippen molar-refractivity contribution in [2.45, 2.75) is 0 Å². The van der Waals surface area contributed by atoms with Gasteiger partial charge in [-0.25, -0.2) is 19.2 Å². The Morgan fingerprint density at radius 2 is 0.524 bits per heavy atom. The third-order valence-corrected chi connectivity index (χ3v) is 0.403. The van der Waals surface area contributed by atoms with E-state index >= 15 is 0 Å². The average Bonchev–Trinajstić information content (AvgIpc) is 2.40. The molecule has 0 aliphatic heterocycles. The van der Waals surface area contributed by atoms with Crippen molar-refractivity contribution in [3.63, 3.8) is 0 Å². The van der Waals surface area contributed by atoms with Crippen LogP contribution in [0.5, 0.6) is 0 Å². The predicted molar refractivity (Wildman–Crippen MR) is 54.8 cm³/mol. The van der Waals surface area contributed by atoms with Gasteiger partial charge in [-0.05, 0) is 0 Å². The largest absolute Gasteiger partial charge is 0.476 e. The summed E-state index contributed by atoms with van der Waals surface area (Å²) in [4.78, 5) is 71.6. The molecule has 0 heterocycles. The quantitative estimate of drug-likeness (QED) is 0.215. The molecule has 4 N–H and O–H groups in total. The number of carbonyl (C=O) groups is 8. The van der Waals surface area contributed by atoms with Crippen molar-refractivity contribution < 1.29 is 79.8 Å². The van der Waals surface area contributed by atoms with Crippen LogP contribution >= 0.6 is 0 Å². The van der Waals surface area contributed by atoms with Crippen molar-refractivity contribution in [1.82, 2.24) is 0 Å². The van der Waals surface area contributed by atoms with Crippen molar-refractivity contribution in [2.24, 2.45) is 0 Å². The Kier molecular flexibility index (Phi) is 38.2. The van der Waals surface area contributed by atoms with E-state index in [0.717, 1.165) is 0 Å². The van der Waals surface area contributed by atoms with Crippen LogP contribution in [0.3, 0.4) is 0 Å². The predicted octanol–water partition coefficient (Wildman–Crippen LogP) is -2.92. The molecule has 0 fully saturated rings. The molecule has 0 aliphatic rings. The van der Waals surface area contributed by atoms with E-state index in [1.54, 1.807) is 0 Å². The number of carbonyl (C=O) groups excluding carboxylic acids is 4. The van der Waals surface area contributed by atoms with Gasteiger partial charge in [0.05, 0.1) is 0 Å². The molecule has 0 unspecified atom stereocenters. The second kappa shape index (κ2) is 25.9. The van der Waals surface area contributed by atoms with Crippen molar-refractivity contribution in [1.29, 1.82) is 0 Å². The first-order valence-corrected chi connectivity index (χ1v) is 3.81. The fraction of sp³-hybridized carbons (Fsp3) is 0. The molecule has 0 aromatic heterocycles. The van der Waals surface area contributed by atoms with Gasteiger partial charge in [-0.15, -0.1) is 0 Å². The maximum absolute atomic E-state index is 9.00. The van der Waals surface area contributed by atoms with E-state index in [-0.39, 0.29) is 46.2 Å². The third-order valence-electron chi connectivity index (χ3n) is 0.403. The molecule has 0 aromatic carbocycles. The Balaban J connectivity index is -0.0000000533. The molecule has 0 rings (SSSR count). The number of aliphatic carboxylic acids is 4. The molecule has 0 aromatic rings. The van der Waals surface area contributed by atoms with E-state index in [9.17, 15) is 0 Å². The fourth-order valence-electron chi connectivity index (χ4n) is 0. The molecule has 0 saturated carbocycles. The first kappa shape index (κ1) is 30.9. The molecular formula is C8H8MoO12. The average molecular weight is 392 g/mol. The van der Waals surface area contributed by atoms with Gasteiger partial charge in [-0.1, -0.05) is 0 Å². The van der Waals surface area contributed by atoms with Crippen LogP contribution in [-0.4, -0.2) is 69.4 Å². The van der Waals surface area contributed by atoms with Crippen molar-refractivity contribution in [3.8, 4) is 0 Å². The van der Waals surface area contributed by atoms with E-state index in [2.05, 4.69) is 0 Å². The van der Waals surface area contributed by atoms with Gasteiger partial charge in [0.25, 0.3) is 0 Å². The number of rotatable bonds is 4. The molecule has 0 radical (unpaired) electrons. The summed E-state index contributed by atoms with van der Waals surface area (Å²) >= 11 is 0. The second-order valence-electron chi connectivity index (χ2n) is 1.82.